The number of alkyl halides is 3. The van der Waals surface area contributed by atoms with Crippen molar-refractivity contribution in [1.29, 1.82) is 0 Å². The molecular weight excluding hydrogens is 239 g/mol. The summed E-state index contributed by atoms with van der Waals surface area (Å²) in [5.74, 6) is 0. The first-order valence-corrected chi connectivity index (χ1v) is 5.26. The molecule has 1 atom stereocenters. The van der Waals surface area contributed by atoms with Gasteiger partial charge in [-0.3, -0.25) is 0 Å². The van der Waals surface area contributed by atoms with Crippen LogP contribution in [0.25, 0.3) is 0 Å². The molecule has 0 aromatic heterocycles. The van der Waals surface area contributed by atoms with E-state index >= 15 is 0 Å². The van der Waals surface area contributed by atoms with Crippen molar-refractivity contribution >= 4 is 11.6 Å². The van der Waals surface area contributed by atoms with Crippen molar-refractivity contribution in [3.05, 3.63) is 34.3 Å². The van der Waals surface area contributed by atoms with Gasteiger partial charge in [-0.2, -0.15) is 13.2 Å². The molecule has 2 N–H and O–H groups in total. The van der Waals surface area contributed by atoms with Crippen molar-refractivity contribution < 1.29 is 13.2 Å². The zero-order chi connectivity index (χ0) is 12.3. The van der Waals surface area contributed by atoms with Crippen LogP contribution in [-0.2, 0) is 0 Å². The Bertz CT molecular complexity index is 363. The summed E-state index contributed by atoms with van der Waals surface area (Å²) in [7, 11) is 0. The molecule has 90 valence electrons. The molecule has 1 aromatic rings. The van der Waals surface area contributed by atoms with Crippen LogP contribution in [-0.4, -0.2) is 6.18 Å². The Morgan fingerprint density at radius 2 is 2.00 bits per heavy atom. The lowest BCUT2D eigenvalue weighted by atomic mass is 10.0. The van der Waals surface area contributed by atoms with E-state index in [9.17, 15) is 13.2 Å². The zero-order valence-electron chi connectivity index (χ0n) is 8.81. The summed E-state index contributed by atoms with van der Waals surface area (Å²) in [6.07, 6.45) is -5.16. The van der Waals surface area contributed by atoms with Gasteiger partial charge in [0.25, 0.3) is 0 Å². The first-order valence-electron chi connectivity index (χ1n) is 4.88. The van der Waals surface area contributed by atoms with Crippen molar-refractivity contribution in [2.75, 3.05) is 0 Å². The van der Waals surface area contributed by atoms with Crippen LogP contribution in [0.2, 0.25) is 5.02 Å². The number of halogens is 4. The fourth-order valence-corrected chi connectivity index (χ4v) is 1.51. The quantitative estimate of drug-likeness (QED) is 0.864. The third-order valence-electron chi connectivity index (χ3n) is 2.36. The molecule has 0 aliphatic rings. The fourth-order valence-electron chi connectivity index (χ4n) is 1.33. The van der Waals surface area contributed by atoms with Crippen molar-refractivity contribution in [3.8, 4) is 0 Å². The van der Waals surface area contributed by atoms with Crippen LogP contribution in [0.15, 0.2) is 18.2 Å². The third kappa shape index (κ3) is 4.02. The van der Waals surface area contributed by atoms with Crippen LogP contribution < -0.4 is 5.73 Å². The Labute approximate surface area is 97.4 Å². The molecule has 0 aliphatic heterocycles. The smallest absolute Gasteiger partial charge is 0.324 e. The summed E-state index contributed by atoms with van der Waals surface area (Å²) in [5, 5.41) is 0.528. The summed E-state index contributed by atoms with van der Waals surface area (Å²) >= 11 is 5.87. The predicted molar refractivity (Wildman–Crippen MR) is 58.4 cm³/mol. The monoisotopic (exact) mass is 251 g/mol. The van der Waals surface area contributed by atoms with Gasteiger partial charge in [-0.05, 0) is 30.5 Å². The molecule has 0 radical (unpaired) electrons. The van der Waals surface area contributed by atoms with E-state index in [1.165, 1.54) is 0 Å². The summed E-state index contributed by atoms with van der Waals surface area (Å²) in [4.78, 5) is 0. The molecule has 1 rings (SSSR count). The van der Waals surface area contributed by atoms with E-state index in [1.54, 1.807) is 18.2 Å². The highest BCUT2D eigenvalue weighted by molar-refractivity contribution is 6.31. The summed E-state index contributed by atoms with van der Waals surface area (Å²) < 4.78 is 36.0. The van der Waals surface area contributed by atoms with E-state index in [-0.39, 0.29) is 6.42 Å². The van der Waals surface area contributed by atoms with Gasteiger partial charge in [-0.1, -0.05) is 23.7 Å². The lowest BCUT2D eigenvalue weighted by molar-refractivity contribution is -0.136. The Morgan fingerprint density at radius 1 is 1.38 bits per heavy atom. The van der Waals surface area contributed by atoms with E-state index in [4.69, 9.17) is 17.3 Å². The molecule has 1 aromatic carbocycles. The highest BCUT2D eigenvalue weighted by Gasteiger charge is 2.27. The Balaban J connectivity index is 2.66. The molecule has 16 heavy (non-hydrogen) atoms. The standard InChI is InChI=1S/C11H13ClF3N/c1-7-2-3-8(6-9(7)12)10(16)4-5-11(13,14)15/h2-3,6,10H,4-5,16H2,1H3/t10-/m0/s1. The Kier molecular flexibility index (Phi) is 4.21. The maximum atomic E-state index is 12.0. The van der Waals surface area contributed by atoms with E-state index in [1.807, 2.05) is 6.92 Å². The second kappa shape index (κ2) is 5.06. The molecule has 0 spiro atoms. The average molecular weight is 252 g/mol. The predicted octanol–water partition coefficient (Wildman–Crippen LogP) is 3.99. The molecule has 0 bridgehead atoms. The molecule has 0 fully saturated rings. The van der Waals surface area contributed by atoms with Crippen LogP contribution in [0.5, 0.6) is 0 Å². The van der Waals surface area contributed by atoms with Gasteiger partial charge in [0, 0.05) is 17.5 Å². The van der Waals surface area contributed by atoms with Gasteiger partial charge in [0.05, 0.1) is 0 Å². The second-order valence-corrected chi connectivity index (χ2v) is 4.18. The first kappa shape index (κ1) is 13.3. The molecule has 0 saturated carbocycles. The van der Waals surface area contributed by atoms with Crippen LogP contribution >= 0.6 is 11.6 Å². The maximum Gasteiger partial charge on any atom is 0.389 e. The summed E-state index contributed by atoms with van der Waals surface area (Å²) in [6, 6.07) is 4.46. The lowest BCUT2D eigenvalue weighted by Gasteiger charge is -2.14. The number of hydrogen-bond acceptors (Lipinski definition) is 1. The first-order chi connectivity index (χ1) is 7.29. The van der Waals surface area contributed by atoms with Gasteiger partial charge in [-0.15, -0.1) is 0 Å². The molecule has 0 saturated heterocycles. The molecule has 0 amide bonds. The van der Waals surface area contributed by atoms with Crippen LogP contribution in [0.3, 0.4) is 0 Å². The van der Waals surface area contributed by atoms with Gasteiger partial charge in [0.1, 0.15) is 0 Å². The SMILES string of the molecule is Cc1ccc([C@@H](N)CCC(F)(F)F)cc1Cl. The number of nitrogens with two attached hydrogens (primary N) is 1. The largest absolute Gasteiger partial charge is 0.389 e. The van der Waals surface area contributed by atoms with Gasteiger partial charge >= 0.3 is 6.18 Å². The van der Waals surface area contributed by atoms with Gasteiger partial charge in [0.2, 0.25) is 0 Å². The number of rotatable bonds is 3. The fraction of sp³-hybridized carbons (Fsp3) is 0.455. The van der Waals surface area contributed by atoms with Crippen LogP contribution in [0, 0.1) is 6.92 Å². The van der Waals surface area contributed by atoms with Crippen molar-refractivity contribution in [3.63, 3.8) is 0 Å². The molecule has 5 heteroatoms. The normalized spacial score (nSPS) is 13.9. The second-order valence-electron chi connectivity index (χ2n) is 3.77. The van der Waals surface area contributed by atoms with Crippen LogP contribution in [0.4, 0.5) is 13.2 Å². The number of benzene rings is 1. The van der Waals surface area contributed by atoms with E-state index in [0.717, 1.165) is 5.56 Å². The van der Waals surface area contributed by atoms with Crippen molar-refractivity contribution in [2.45, 2.75) is 32.0 Å². The molecular formula is C11H13ClF3N. The Morgan fingerprint density at radius 3 is 2.50 bits per heavy atom. The average Bonchev–Trinajstić information content (AvgIpc) is 2.17. The number of aryl methyl sites for hydroxylation is 1. The topological polar surface area (TPSA) is 26.0 Å². The minimum Gasteiger partial charge on any atom is -0.324 e. The zero-order valence-corrected chi connectivity index (χ0v) is 9.57. The van der Waals surface area contributed by atoms with Crippen LogP contribution in [0.1, 0.15) is 30.0 Å². The van der Waals surface area contributed by atoms with Crippen molar-refractivity contribution in [2.24, 2.45) is 5.73 Å². The van der Waals surface area contributed by atoms with Gasteiger partial charge < -0.3 is 5.73 Å². The minimum absolute atomic E-state index is 0.122. The van der Waals surface area contributed by atoms with E-state index < -0.39 is 18.6 Å². The maximum absolute atomic E-state index is 12.0. The molecule has 0 aliphatic carbocycles. The molecule has 0 unspecified atom stereocenters. The lowest BCUT2D eigenvalue weighted by Crippen LogP contribution is -2.15. The third-order valence-corrected chi connectivity index (χ3v) is 2.77. The molecule has 1 nitrogen and oxygen atoms in total. The van der Waals surface area contributed by atoms with Gasteiger partial charge in [0.15, 0.2) is 0 Å². The number of hydrogen-bond donors (Lipinski definition) is 1. The highest BCUT2D eigenvalue weighted by Crippen LogP contribution is 2.28. The summed E-state index contributed by atoms with van der Waals surface area (Å²) in [6.45, 7) is 1.83. The van der Waals surface area contributed by atoms with E-state index in [2.05, 4.69) is 0 Å². The molecule has 0 heterocycles. The van der Waals surface area contributed by atoms with Crippen molar-refractivity contribution in [1.82, 2.24) is 0 Å². The minimum atomic E-state index is -4.16. The van der Waals surface area contributed by atoms with E-state index in [0.29, 0.717) is 10.6 Å². The highest BCUT2D eigenvalue weighted by atomic mass is 35.5. The van der Waals surface area contributed by atoms with Gasteiger partial charge in [-0.25, -0.2) is 0 Å². The Hall–Kier alpha value is -0.740. The summed E-state index contributed by atoms with van der Waals surface area (Å²) in [5.41, 5.74) is 7.18.